The van der Waals surface area contributed by atoms with Crippen LogP contribution in [0.4, 0.5) is 5.82 Å². The van der Waals surface area contributed by atoms with Crippen LogP contribution in [0.25, 0.3) is 0 Å². The summed E-state index contributed by atoms with van der Waals surface area (Å²) in [4.78, 5) is 34.4. The van der Waals surface area contributed by atoms with E-state index in [-0.39, 0.29) is 11.7 Å². The van der Waals surface area contributed by atoms with Crippen molar-refractivity contribution in [1.29, 1.82) is 0 Å². The number of fused-ring (bicyclic) bond motifs is 1. The monoisotopic (exact) mass is 353 g/mol. The Morgan fingerprint density at radius 2 is 1.88 bits per heavy atom. The molecule has 0 unspecified atom stereocenters. The molecule has 0 bridgehead atoms. The number of hydrogen-bond donors (Lipinski definition) is 0. The van der Waals surface area contributed by atoms with E-state index < -0.39 is 0 Å². The number of carbonyl (C=O) groups is 2. The molecule has 0 N–H and O–H groups in total. The van der Waals surface area contributed by atoms with E-state index in [1.807, 2.05) is 41.3 Å². The number of amides is 1. The van der Waals surface area contributed by atoms with Gasteiger partial charge in [-0.25, -0.2) is 4.98 Å². The second-order valence-electron chi connectivity index (χ2n) is 6.17. The highest BCUT2D eigenvalue weighted by molar-refractivity contribution is 7.99. The van der Waals surface area contributed by atoms with Gasteiger partial charge in [-0.1, -0.05) is 18.2 Å². The molecule has 2 aliphatic heterocycles. The van der Waals surface area contributed by atoms with Gasteiger partial charge in [-0.3, -0.25) is 9.59 Å². The number of carbonyl (C=O) groups excluding carboxylic acids is 2. The van der Waals surface area contributed by atoms with Crippen molar-refractivity contribution in [2.45, 2.75) is 11.3 Å². The van der Waals surface area contributed by atoms with E-state index in [0.717, 1.165) is 29.6 Å². The van der Waals surface area contributed by atoms with Crippen molar-refractivity contribution in [3.05, 3.63) is 53.7 Å². The van der Waals surface area contributed by atoms with Crippen LogP contribution in [0.2, 0.25) is 0 Å². The van der Waals surface area contributed by atoms with Gasteiger partial charge < -0.3 is 9.80 Å². The average molecular weight is 353 g/mol. The zero-order valence-electron chi connectivity index (χ0n) is 13.9. The minimum atomic E-state index is 0.0275. The van der Waals surface area contributed by atoms with Gasteiger partial charge in [-0.05, 0) is 18.2 Å². The van der Waals surface area contributed by atoms with E-state index in [9.17, 15) is 9.59 Å². The van der Waals surface area contributed by atoms with Crippen LogP contribution in [0.3, 0.4) is 0 Å². The van der Waals surface area contributed by atoms with Crippen molar-refractivity contribution in [3.8, 4) is 0 Å². The fourth-order valence-electron chi connectivity index (χ4n) is 3.31. The summed E-state index contributed by atoms with van der Waals surface area (Å²) in [6.07, 6.45) is 2.34. The normalized spacial score (nSPS) is 17.4. The molecule has 4 rings (SSSR count). The lowest BCUT2D eigenvalue weighted by Gasteiger charge is -2.35. The Morgan fingerprint density at radius 3 is 2.64 bits per heavy atom. The van der Waals surface area contributed by atoms with Gasteiger partial charge in [0.25, 0.3) is 5.91 Å². The van der Waals surface area contributed by atoms with E-state index in [2.05, 4.69) is 9.88 Å². The minimum absolute atomic E-state index is 0.0275. The largest absolute Gasteiger partial charge is 0.353 e. The maximum Gasteiger partial charge on any atom is 0.255 e. The maximum atomic E-state index is 13.0. The second kappa shape index (κ2) is 6.88. The van der Waals surface area contributed by atoms with Crippen LogP contribution in [0, 0.1) is 0 Å². The molecule has 5 nitrogen and oxygen atoms in total. The third-order valence-corrected chi connectivity index (χ3v) is 5.80. The van der Waals surface area contributed by atoms with E-state index >= 15 is 0 Å². The summed E-state index contributed by atoms with van der Waals surface area (Å²) in [5.41, 5.74) is 1.37. The predicted octanol–water partition coefficient (Wildman–Crippen LogP) is 2.72. The Morgan fingerprint density at radius 1 is 1.04 bits per heavy atom. The molecule has 2 aromatic rings. The van der Waals surface area contributed by atoms with E-state index in [1.54, 1.807) is 18.0 Å². The number of nitrogens with zero attached hydrogens (tertiary/aromatic N) is 3. The number of ketones is 1. The highest BCUT2D eigenvalue weighted by Gasteiger charge is 2.28. The standard InChI is InChI=1S/C19H19N3O2S/c23-16-7-13-25-18-14(16)4-3-5-15(18)19(24)22-11-9-21(10-12-22)17-6-1-2-8-20-17/h1-6,8H,7,9-13H2. The summed E-state index contributed by atoms with van der Waals surface area (Å²) in [6, 6.07) is 11.4. The highest BCUT2D eigenvalue weighted by atomic mass is 32.2. The number of Topliss-reactive ketones (excluding diaryl/α,β-unsaturated/α-hetero) is 1. The van der Waals surface area contributed by atoms with Crippen LogP contribution in [-0.4, -0.2) is 53.5 Å². The molecule has 1 fully saturated rings. The third kappa shape index (κ3) is 3.14. The molecular weight excluding hydrogens is 334 g/mol. The van der Waals surface area contributed by atoms with Crippen molar-refractivity contribution < 1.29 is 9.59 Å². The lowest BCUT2D eigenvalue weighted by molar-refractivity contribution is 0.0743. The van der Waals surface area contributed by atoms with Crippen molar-refractivity contribution in [1.82, 2.24) is 9.88 Å². The number of thioether (sulfide) groups is 1. The van der Waals surface area contributed by atoms with Crippen LogP contribution >= 0.6 is 11.8 Å². The SMILES string of the molecule is O=C1CCSc2c1cccc2C(=O)N1CCN(c2ccccn2)CC1. The van der Waals surface area contributed by atoms with Crippen molar-refractivity contribution in [2.75, 3.05) is 36.8 Å². The molecule has 3 heterocycles. The van der Waals surface area contributed by atoms with E-state index in [0.29, 0.717) is 30.6 Å². The Bertz CT molecular complexity index is 802. The molecule has 0 atom stereocenters. The Kier molecular flexibility index (Phi) is 4.44. The quantitative estimate of drug-likeness (QED) is 0.831. The molecule has 1 aromatic heterocycles. The first-order valence-electron chi connectivity index (χ1n) is 8.48. The van der Waals surface area contributed by atoms with Gasteiger partial charge in [0.2, 0.25) is 0 Å². The van der Waals surface area contributed by atoms with Crippen molar-refractivity contribution in [3.63, 3.8) is 0 Å². The molecule has 0 spiro atoms. The van der Waals surface area contributed by atoms with Gasteiger partial charge >= 0.3 is 0 Å². The molecule has 25 heavy (non-hydrogen) atoms. The number of aromatic nitrogens is 1. The van der Waals surface area contributed by atoms with E-state index in [4.69, 9.17) is 0 Å². The number of piperazine rings is 1. The topological polar surface area (TPSA) is 53.5 Å². The molecule has 1 aromatic carbocycles. The first-order valence-corrected chi connectivity index (χ1v) is 9.47. The molecule has 128 valence electrons. The predicted molar refractivity (Wildman–Crippen MR) is 98.5 cm³/mol. The average Bonchev–Trinajstić information content (AvgIpc) is 2.68. The first-order chi connectivity index (χ1) is 12.2. The summed E-state index contributed by atoms with van der Waals surface area (Å²) in [5, 5.41) is 0. The third-order valence-electron chi connectivity index (χ3n) is 4.66. The van der Waals surface area contributed by atoms with Crippen LogP contribution in [0.1, 0.15) is 27.1 Å². The molecular formula is C19H19N3O2S. The summed E-state index contributed by atoms with van der Waals surface area (Å²) in [7, 11) is 0. The number of anilines is 1. The zero-order chi connectivity index (χ0) is 17.2. The highest BCUT2D eigenvalue weighted by Crippen LogP contribution is 2.33. The molecule has 0 aliphatic carbocycles. The Balaban J connectivity index is 1.50. The van der Waals surface area contributed by atoms with Crippen LogP contribution in [-0.2, 0) is 0 Å². The Labute approximate surface area is 151 Å². The molecule has 6 heteroatoms. The Hall–Kier alpha value is -2.34. The van der Waals surface area contributed by atoms with Gasteiger partial charge in [-0.15, -0.1) is 11.8 Å². The molecule has 0 radical (unpaired) electrons. The summed E-state index contributed by atoms with van der Waals surface area (Å²) in [6.45, 7) is 2.86. The fourth-order valence-corrected chi connectivity index (χ4v) is 4.45. The summed E-state index contributed by atoms with van der Waals surface area (Å²) >= 11 is 1.62. The fraction of sp³-hybridized carbons (Fsp3) is 0.316. The summed E-state index contributed by atoms with van der Waals surface area (Å²) in [5.74, 6) is 1.87. The van der Waals surface area contributed by atoms with Gasteiger partial charge in [0.05, 0.1) is 5.56 Å². The lowest BCUT2D eigenvalue weighted by atomic mass is 10.0. The zero-order valence-corrected chi connectivity index (χ0v) is 14.7. The van der Waals surface area contributed by atoms with Crippen LogP contribution in [0.5, 0.6) is 0 Å². The lowest BCUT2D eigenvalue weighted by Crippen LogP contribution is -2.49. The number of hydrogen-bond acceptors (Lipinski definition) is 5. The van der Waals surface area contributed by atoms with Crippen molar-refractivity contribution >= 4 is 29.3 Å². The minimum Gasteiger partial charge on any atom is -0.353 e. The van der Waals surface area contributed by atoms with Gasteiger partial charge in [0.15, 0.2) is 5.78 Å². The summed E-state index contributed by atoms with van der Waals surface area (Å²) < 4.78 is 0. The number of rotatable bonds is 2. The van der Waals surface area contributed by atoms with Gasteiger partial charge in [0.1, 0.15) is 5.82 Å². The number of benzene rings is 1. The molecule has 1 saturated heterocycles. The molecule has 0 saturated carbocycles. The second-order valence-corrected chi connectivity index (χ2v) is 7.28. The number of pyridine rings is 1. The van der Waals surface area contributed by atoms with E-state index in [1.165, 1.54) is 0 Å². The molecule has 2 aliphatic rings. The molecule has 1 amide bonds. The van der Waals surface area contributed by atoms with Gasteiger partial charge in [0, 0.05) is 55.0 Å². The first kappa shape index (κ1) is 16.1. The van der Waals surface area contributed by atoms with Crippen LogP contribution < -0.4 is 4.90 Å². The maximum absolute atomic E-state index is 13.0. The van der Waals surface area contributed by atoms with Crippen molar-refractivity contribution in [2.24, 2.45) is 0 Å². The van der Waals surface area contributed by atoms with Gasteiger partial charge in [-0.2, -0.15) is 0 Å². The smallest absolute Gasteiger partial charge is 0.255 e. The van der Waals surface area contributed by atoms with Crippen LogP contribution in [0.15, 0.2) is 47.5 Å².